The van der Waals surface area contributed by atoms with E-state index in [1.165, 1.54) is 4.31 Å². The molecule has 0 radical (unpaired) electrons. The number of aryl methyl sites for hydroxylation is 2. The maximum Gasteiger partial charge on any atom is 0.245 e. The van der Waals surface area contributed by atoms with Crippen LogP contribution in [0.3, 0.4) is 0 Å². The van der Waals surface area contributed by atoms with Gasteiger partial charge in [-0.25, -0.2) is 8.42 Å². The monoisotopic (exact) mass is 300 g/mol. The van der Waals surface area contributed by atoms with Gasteiger partial charge in [-0.05, 0) is 38.8 Å². The summed E-state index contributed by atoms with van der Waals surface area (Å²) in [7, 11) is -3.72. The Bertz CT molecular complexity index is 589. The molecule has 0 amide bonds. The maximum absolute atomic E-state index is 12.8. The first-order valence-corrected chi connectivity index (χ1v) is 8.03. The summed E-state index contributed by atoms with van der Waals surface area (Å²) in [6.45, 7) is 8.71. The molecule has 0 aliphatic rings. The van der Waals surface area contributed by atoms with Crippen molar-refractivity contribution in [2.24, 2.45) is 0 Å². The SMILES string of the molecule is CCN(CC(C)(C)O)S(=O)(=O)c1c(C)ccc(C)c1N. The molecule has 114 valence electrons. The molecular weight excluding hydrogens is 276 g/mol. The number of nitrogen functional groups attached to an aromatic ring is 1. The Hall–Kier alpha value is -1.11. The predicted octanol–water partition coefficient (Wildman–Crippen LogP) is 1.67. The zero-order valence-electron chi connectivity index (χ0n) is 12.8. The standard InChI is InChI=1S/C14H24N2O3S/c1-6-16(9-14(4,5)17)20(18,19)13-11(3)8-7-10(2)12(13)15/h7-8,17H,6,9,15H2,1-5H3. The third-order valence-corrected chi connectivity index (χ3v) is 5.25. The zero-order chi connectivity index (χ0) is 15.7. The second kappa shape index (κ2) is 5.71. The van der Waals surface area contributed by atoms with Gasteiger partial charge in [0.15, 0.2) is 0 Å². The fraction of sp³-hybridized carbons (Fsp3) is 0.571. The molecule has 0 saturated carbocycles. The summed E-state index contributed by atoms with van der Waals surface area (Å²) in [6.07, 6.45) is 0. The van der Waals surface area contributed by atoms with E-state index in [-0.39, 0.29) is 23.7 Å². The average Bonchev–Trinajstić information content (AvgIpc) is 2.29. The molecule has 1 rings (SSSR count). The number of likely N-dealkylation sites (N-methyl/N-ethyl adjacent to an activating group) is 1. The molecule has 0 atom stereocenters. The largest absolute Gasteiger partial charge is 0.397 e. The van der Waals surface area contributed by atoms with Crippen LogP contribution in [0.5, 0.6) is 0 Å². The Balaban J connectivity index is 3.39. The van der Waals surface area contributed by atoms with Crippen LogP contribution < -0.4 is 5.73 Å². The number of aliphatic hydroxyl groups is 1. The van der Waals surface area contributed by atoms with Crippen LogP contribution in [0.15, 0.2) is 17.0 Å². The van der Waals surface area contributed by atoms with Gasteiger partial charge in [-0.3, -0.25) is 0 Å². The molecule has 0 aromatic heterocycles. The van der Waals surface area contributed by atoms with Crippen LogP contribution >= 0.6 is 0 Å². The Kier molecular flexibility index (Phi) is 4.84. The molecule has 5 nitrogen and oxygen atoms in total. The second-order valence-electron chi connectivity index (χ2n) is 5.69. The lowest BCUT2D eigenvalue weighted by Gasteiger charge is -2.28. The fourth-order valence-electron chi connectivity index (χ4n) is 2.08. The molecule has 20 heavy (non-hydrogen) atoms. The van der Waals surface area contributed by atoms with Gasteiger partial charge in [-0.1, -0.05) is 19.1 Å². The van der Waals surface area contributed by atoms with E-state index < -0.39 is 15.6 Å². The lowest BCUT2D eigenvalue weighted by molar-refractivity contribution is 0.0601. The lowest BCUT2D eigenvalue weighted by atomic mass is 10.1. The Morgan fingerprint density at radius 2 is 1.75 bits per heavy atom. The fourth-order valence-corrected chi connectivity index (χ4v) is 4.07. The highest BCUT2D eigenvalue weighted by molar-refractivity contribution is 7.89. The van der Waals surface area contributed by atoms with E-state index in [1.54, 1.807) is 46.8 Å². The molecule has 0 bridgehead atoms. The van der Waals surface area contributed by atoms with Gasteiger partial charge in [-0.2, -0.15) is 4.31 Å². The molecule has 0 heterocycles. The van der Waals surface area contributed by atoms with E-state index in [1.807, 2.05) is 0 Å². The number of benzene rings is 1. The normalized spacial score (nSPS) is 12.9. The summed E-state index contributed by atoms with van der Waals surface area (Å²) in [4.78, 5) is 0.142. The highest BCUT2D eigenvalue weighted by Crippen LogP contribution is 2.29. The van der Waals surface area contributed by atoms with Crippen LogP contribution in [0, 0.1) is 13.8 Å². The van der Waals surface area contributed by atoms with E-state index in [2.05, 4.69) is 0 Å². The Labute approximate surface area is 121 Å². The quantitative estimate of drug-likeness (QED) is 0.810. The van der Waals surface area contributed by atoms with E-state index in [9.17, 15) is 13.5 Å². The van der Waals surface area contributed by atoms with Gasteiger partial charge >= 0.3 is 0 Å². The van der Waals surface area contributed by atoms with Crippen molar-refractivity contribution in [3.8, 4) is 0 Å². The van der Waals surface area contributed by atoms with Crippen molar-refractivity contribution in [3.05, 3.63) is 23.3 Å². The second-order valence-corrected chi connectivity index (χ2v) is 7.56. The highest BCUT2D eigenvalue weighted by Gasteiger charge is 2.31. The molecule has 6 heteroatoms. The first kappa shape index (κ1) is 16.9. The highest BCUT2D eigenvalue weighted by atomic mass is 32.2. The first-order valence-electron chi connectivity index (χ1n) is 6.59. The third-order valence-electron chi connectivity index (χ3n) is 3.12. The molecule has 1 aromatic rings. The van der Waals surface area contributed by atoms with Crippen LogP contribution in [0.2, 0.25) is 0 Å². The molecule has 1 aromatic carbocycles. The van der Waals surface area contributed by atoms with Crippen molar-refractivity contribution in [2.45, 2.75) is 45.1 Å². The Morgan fingerprint density at radius 1 is 1.25 bits per heavy atom. The third kappa shape index (κ3) is 3.50. The van der Waals surface area contributed by atoms with Crippen molar-refractivity contribution in [1.82, 2.24) is 4.31 Å². The molecule has 0 aliphatic heterocycles. The summed E-state index contributed by atoms with van der Waals surface area (Å²) in [5.74, 6) is 0. The van der Waals surface area contributed by atoms with Gasteiger partial charge in [0.1, 0.15) is 4.90 Å². The summed E-state index contributed by atoms with van der Waals surface area (Å²) >= 11 is 0. The van der Waals surface area contributed by atoms with Gasteiger partial charge in [0, 0.05) is 13.1 Å². The number of hydrogen-bond donors (Lipinski definition) is 2. The predicted molar refractivity (Wildman–Crippen MR) is 81.1 cm³/mol. The van der Waals surface area contributed by atoms with Gasteiger partial charge in [0.05, 0.1) is 11.3 Å². The van der Waals surface area contributed by atoms with Crippen LogP contribution in [0.1, 0.15) is 31.9 Å². The van der Waals surface area contributed by atoms with E-state index in [0.717, 1.165) is 5.56 Å². The minimum atomic E-state index is -3.72. The molecular formula is C14H24N2O3S. The number of nitrogens with zero attached hydrogens (tertiary/aromatic N) is 1. The maximum atomic E-state index is 12.8. The van der Waals surface area contributed by atoms with E-state index >= 15 is 0 Å². The van der Waals surface area contributed by atoms with Crippen molar-refractivity contribution < 1.29 is 13.5 Å². The summed E-state index contributed by atoms with van der Waals surface area (Å²) < 4.78 is 26.8. The smallest absolute Gasteiger partial charge is 0.245 e. The molecule has 3 N–H and O–H groups in total. The van der Waals surface area contributed by atoms with Gasteiger partial charge < -0.3 is 10.8 Å². The number of anilines is 1. The summed E-state index contributed by atoms with van der Waals surface area (Å²) in [6, 6.07) is 3.55. The van der Waals surface area contributed by atoms with Gasteiger partial charge in [-0.15, -0.1) is 0 Å². The molecule has 0 saturated heterocycles. The lowest BCUT2D eigenvalue weighted by Crippen LogP contribution is -2.42. The first-order chi connectivity index (χ1) is 9.00. The average molecular weight is 300 g/mol. The molecule has 0 aliphatic carbocycles. The molecule has 0 spiro atoms. The molecule has 0 fully saturated rings. The van der Waals surface area contributed by atoms with E-state index in [0.29, 0.717) is 5.56 Å². The van der Waals surface area contributed by atoms with Crippen molar-refractivity contribution >= 4 is 15.7 Å². The number of rotatable bonds is 5. The zero-order valence-corrected chi connectivity index (χ0v) is 13.6. The minimum Gasteiger partial charge on any atom is -0.397 e. The Morgan fingerprint density at radius 3 is 2.20 bits per heavy atom. The van der Waals surface area contributed by atoms with Crippen LogP contribution in [-0.2, 0) is 10.0 Å². The number of sulfonamides is 1. The van der Waals surface area contributed by atoms with Gasteiger partial charge in [0.2, 0.25) is 10.0 Å². The topological polar surface area (TPSA) is 83.6 Å². The molecule has 0 unspecified atom stereocenters. The number of hydrogen-bond acceptors (Lipinski definition) is 4. The van der Waals surface area contributed by atoms with Crippen molar-refractivity contribution in [3.63, 3.8) is 0 Å². The van der Waals surface area contributed by atoms with Crippen molar-refractivity contribution in [2.75, 3.05) is 18.8 Å². The number of nitrogens with two attached hydrogens (primary N) is 1. The summed E-state index contributed by atoms with van der Waals surface area (Å²) in [5, 5.41) is 9.89. The van der Waals surface area contributed by atoms with Crippen molar-refractivity contribution in [1.29, 1.82) is 0 Å². The van der Waals surface area contributed by atoms with Crippen LogP contribution in [-0.4, -0.2) is 36.5 Å². The van der Waals surface area contributed by atoms with Gasteiger partial charge in [0.25, 0.3) is 0 Å². The minimum absolute atomic E-state index is 0.0264. The van der Waals surface area contributed by atoms with Crippen LogP contribution in [0.4, 0.5) is 5.69 Å². The van der Waals surface area contributed by atoms with Crippen LogP contribution in [0.25, 0.3) is 0 Å². The van der Waals surface area contributed by atoms with E-state index in [4.69, 9.17) is 5.73 Å². The summed E-state index contributed by atoms with van der Waals surface area (Å²) in [5.41, 5.74) is 6.48.